The van der Waals surface area contributed by atoms with Crippen LogP contribution in [0.4, 0.5) is 0 Å². The van der Waals surface area contributed by atoms with Crippen LogP contribution in [0.3, 0.4) is 0 Å². The van der Waals surface area contributed by atoms with Crippen molar-refractivity contribution in [1.82, 2.24) is 15.2 Å². The quantitative estimate of drug-likeness (QED) is 0.809. The van der Waals surface area contributed by atoms with Crippen molar-refractivity contribution in [2.45, 2.75) is 32.2 Å². The van der Waals surface area contributed by atoms with Crippen LogP contribution >= 0.6 is 0 Å². The average molecular weight is 235 g/mol. The summed E-state index contributed by atoms with van der Waals surface area (Å²) in [4.78, 5) is 12.1. The lowest BCUT2D eigenvalue weighted by Gasteiger charge is -2.16. The van der Waals surface area contributed by atoms with Gasteiger partial charge in [-0.25, -0.2) is 0 Å². The largest absolute Gasteiger partial charge is 0.347 e. The van der Waals surface area contributed by atoms with Crippen molar-refractivity contribution in [3.63, 3.8) is 0 Å². The summed E-state index contributed by atoms with van der Waals surface area (Å²) in [5.74, 6) is 0.0364. The Labute approximate surface area is 102 Å². The molecule has 1 aliphatic heterocycles. The Bertz CT molecular complexity index is 389. The van der Waals surface area contributed by atoms with Crippen LogP contribution in [0.15, 0.2) is 12.1 Å². The van der Waals surface area contributed by atoms with E-state index in [9.17, 15) is 4.79 Å². The Balaban J connectivity index is 1.98. The van der Waals surface area contributed by atoms with Crippen molar-refractivity contribution in [2.24, 2.45) is 7.05 Å². The molecule has 1 aliphatic rings. The first kappa shape index (κ1) is 12.2. The fraction of sp³-hybridized carbons (Fsp3) is 0.615. The van der Waals surface area contributed by atoms with E-state index in [1.54, 1.807) is 0 Å². The van der Waals surface area contributed by atoms with Crippen LogP contribution in [0.25, 0.3) is 0 Å². The highest BCUT2D eigenvalue weighted by Gasteiger charge is 2.17. The van der Waals surface area contributed by atoms with Crippen LogP contribution in [0.5, 0.6) is 0 Å². The first-order valence-electron chi connectivity index (χ1n) is 6.32. The van der Waals surface area contributed by atoms with E-state index in [0.29, 0.717) is 0 Å². The number of carbonyl (C=O) groups excluding carboxylic acids is 1. The highest BCUT2D eigenvalue weighted by Crippen LogP contribution is 2.08. The van der Waals surface area contributed by atoms with Crippen molar-refractivity contribution >= 4 is 5.91 Å². The second kappa shape index (κ2) is 5.36. The summed E-state index contributed by atoms with van der Waals surface area (Å²) < 4.78 is 1.93. The molecule has 0 aliphatic carbocycles. The highest BCUT2D eigenvalue weighted by atomic mass is 16.2. The van der Waals surface area contributed by atoms with Crippen LogP contribution in [0, 0.1) is 6.92 Å². The molecular formula is C13H21N3O. The standard InChI is InChI=1S/C13H21N3O/c1-10-6-7-12(16(10)2)13(17)15-11-5-3-4-8-14-9-11/h6-7,11,14H,3-5,8-9H2,1-2H3,(H,15,17). The number of aromatic nitrogens is 1. The number of hydrogen-bond acceptors (Lipinski definition) is 2. The van der Waals surface area contributed by atoms with Crippen molar-refractivity contribution in [1.29, 1.82) is 0 Å². The minimum absolute atomic E-state index is 0.0364. The molecule has 1 fully saturated rings. The fourth-order valence-corrected chi connectivity index (χ4v) is 2.24. The summed E-state index contributed by atoms with van der Waals surface area (Å²) in [6, 6.07) is 4.12. The van der Waals surface area contributed by atoms with E-state index in [0.717, 1.165) is 30.9 Å². The van der Waals surface area contributed by atoms with Gasteiger partial charge in [-0.2, -0.15) is 0 Å². The fourth-order valence-electron chi connectivity index (χ4n) is 2.24. The van der Waals surface area contributed by atoms with E-state index >= 15 is 0 Å². The third kappa shape index (κ3) is 2.88. The summed E-state index contributed by atoms with van der Waals surface area (Å²) in [6.45, 7) is 3.95. The summed E-state index contributed by atoms with van der Waals surface area (Å²) in [5, 5.41) is 6.46. The van der Waals surface area contributed by atoms with Gasteiger partial charge in [0.1, 0.15) is 5.69 Å². The SMILES string of the molecule is Cc1ccc(C(=O)NC2CCCCNC2)n1C. The summed E-state index contributed by atoms with van der Waals surface area (Å²) in [7, 11) is 1.93. The molecule has 1 unspecified atom stereocenters. The lowest BCUT2D eigenvalue weighted by atomic mass is 10.1. The van der Waals surface area contributed by atoms with Crippen molar-refractivity contribution < 1.29 is 4.79 Å². The van der Waals surface area contributed by atoms with E-state index in [-0.39, 0.29) is 11.9 Å². The smallest absolute Gasteiger partial charge is 0.268 e. The lowest BCUT2D eigenvalue weighted by Crippen LogP contribution is -2.41. The maximum atomic E-state index is 12.1. The molecule has 0 radical (unpaired) electrons. The minimum Gasteiger partial charge on any atom is -0.347 e. The first-order valence-corrected chi connectivity index (χ1v) is 6.32. The predicted octanol–water partition coefficient (Wildman–Crippen LogP) is 1.21. The number of aryl methyl sites for hydroxylation is 1. The number of carbonyl (C=O) groups is 1. The number of rotatable bonds is 2. The normalized spacial score (nSPS) is 20.9. The second-order valence-corrected chi connectivity index (χ2v) is 4.79. The maximum Gasteiger partial charge on any atom is 0.268 e. The van der Waals surface area contributed by atoms with Gasteiger partial charge < -0.3 is 15.2 Å². The molecule has 1 amide bonds. The summed E-state index contributed by atoms with van der Waals surface area (Å²) >= 11 is 0. The van der Waals surface area contributed by atoms with E-state index in [1.165, 1.54) is 12.8 Å². The predicted molar refractivity (Wildman–Crippen MR) is 68.1 cm³/mol. The highest BCUT2D eigenvalue weighted by molar-refractivity contribution is 5.93. The molecule has 1 atom stereocenters. The van der Waals surface area contributed by atoms with E-state index in [4.69, 9.17) is 0 Å². The van der Waals surface area contributed by atoms with Crippen LogP contribution in [-0.4, -0.2) is 29.6 Å². The Morgan fingerprint density at radius 1 is 1.47 bits per heavy atom. The summed E-state index contributed by atoms with van der Waals surface area (Å²) in [6.07, 6.45) is 3.46. The topological polar surface area (TPSA) is 46.1 Å². The molecule has 1 aromatic rings. The van der Waals surface area contributed by atoms with E-state index in [2.05, 4.69) is 10.6 Å². The Hall–Kier alpha value is -1.29. The molecule has 94 valence electrons. The molecule has 17 heavy (non-hydrogen) atoms. The zero-order chi connectivity index (χ0) is 12.3. The van der Waals surface area contributed by atoms with Gasteiger partial charge in [-0.1, -0.05) is 6.42 Å². The maximum absolute atomic E-state index is 12.1. The molecule has 4 heteroatoms. The van der Waals surface area contributed by atoms with Crippen LogP contribution in [-0.2, 0) is 7.05 Å². The van der Waals surface area contributed by atoms with Gasteiger partial charge >= 0.3 is 0 Å². The molecule has 1 aromatic heterocycles. The van der Waals surface area contributed by atoms with Crippen molar-refractivity contribution in [2.75, 3.05) is 13.1 Å². The Morgan fingerprint density at radius 3 is 3.00 bits per heavy atom. The van der Waals surface area contributed by atoms with Gasteiger partial charge in [0.25, 0.3) is 5.91 Å². The minimum atomic E-state index is 0.0364. The second-order valence-electron chi connectivity index (χ2n) is 4.79. The van der Waals surface area contributed by atoms with Crippen molar-refractivity contribution in [3.8, 4) is 0 Å². The number of hydrogen-bond donors (Lipinski definition) is 2. The molecule has 0 spiro atoms. The zero-order valence-electron chi connectivity index (χ0n) is 10.6. The van der Waals surface area contributed by atoms with E-state index < -0.39 is 0 Å². The summed E-state index contributed by atoms with van der Waals surface area (Å²) in [5.41, 5.74) is 1.85. The first-order chi connectivity index (χ1) is 8.18. The van der Waals surface area contributed by atoms with Gasteiger partial charge in [-0.3, -0.25) is 4.79 Å². The molecule has 2 rings (SSSR count). The van der Waals surface area contributed by atoms with Gasteiger partial charge in [-0.05, 0) is 38.4 Å². The molecule has 4 nitrogen and oxygen atoms in total. The van der Waals surface area contributed by atoms with Gasteiger partial charge in [-0.15, -0.1) is 0 Å². The van der Waals surface area contributed by atoms with Gasteiger partial charge in [0.2, 0.25) is 0 Å². The average Bonchev–Trinajstić information content (AvgIpc) is 2.55. The number of nitrogens with one attached hydrogen (secondary N) is 2. The molecule has 0 aromatic carbocycles. The lowest BCUT2D eigenvalue weighted by molar-refractivity contribution is 0.0927. The van der Waals surface area contributed by atoms with Crippen LogP contribution < -0.4 is 10.6 Å². The molecular weight excluding hydrogens is 214 g/mol. The Morgan fingerprint density at radius 2 is 2.29 bits per heavy atom. The third-order valence-electron chi connectivity index (χ3n) is 3.49. The third-order valence-corrected chi connectivity index (χ3v) is 3.49. The Kier molecular flexibility index (Phi) is 3.84. The zero-order valence-corrected chi connectivity index (χ0v) is 10.6. The van der Waals surface area contributed by atoms with Crippen LogP contribution in [0.1, 0.15) is 35.4 Å². The molecule has 1 saturated heterocycles. The number of nitrogens with zero attached hydrogens (tertiary/aromatic N) is 1. The molecule has 0 saturated carbocycles. The molecule has 0 bridgehead atoms. The molecule has 2 heterocycles. The molecule has 2 N–H and O–H groups in total. The van der Waals surface area contributed by atoms with E-state index in [1.807, 2.05) is 30.7 Å². The van der Waals surface area contributed by atoms with Crippen LogP contribution in [0.2, 0.25) is 0 Å². The van der Waals surface area contributed by atoms with Crippen molar-refractivity contribution in [3.05, 3.63) is 23.5 Å². The number of amides is 1. The monoisotopic (exact) mass is 235 g/mol. The van der Waals surface area contributed by atoms with Gasteiger partial charge in [0, 0.05) is 25.3 Å². The van der Waals surface area contributed by atoms with Gasteiger partial charge in [0.15, 0.2) is 0 Å². The van der Waals surface area contributed by atoms with Gasteiger partial charge in [0.05, 0.1) is 0 Å².